The quantitative estimate of drug-likeness (QED) is 0.608. The summed E-state index contributed by atoms with van der Waals surface area (Å²) in [7, 11) is 3.26. The van der Waals surface area contributed by atoms with Crippen LogP contribution < -0.4 is 20.1 Å². The highest BCUT2D eigenvalue weighted by Gasteiger charge is 2.06. The van der Waals surface area contributed by atoms with Crippen molar-refractivity contribution in [2.45, 2.75) is 26.9 Å². The van der Waals surface area contributed by atoms with Crippen molar-refractivity contribution >= 4 is 11.6 Å². The number of aryl methyl sites for hydroxylation is 2. The van der Waals surface area contributed by atoms with Crippen LogP contribution in [0.5, 0.6) is 11.5 Å². The fourth-order valence-corrected chi connectivity index (χ4v) is 2.83. The Labute approximate surface area is 166 Å². The molecule has 2 aromatic carbocycles. The molecule has 0 bridgehead atoms. The van der Waals surface area contributed by atoms with E-state index < -0.39 is 0 Å². The Kier molecular flexibility index (Phi) is 6.32. The summed E-state index contributed by atoms with van der Waals surface area (Å²) in [5.74, 6) is 3.70. The van der Waals surface area contributed by atoms with E-state index in [-0.39, 0.29) is 0 Å². The standard InChI is InChI=1S/C22H26N4O2/c1-15-5-7-17(8-6-15)13-23-21-12-22(26-16(2)25-21)24-14-18-9-10-19(27-3)20(11-18)28-4/h5-12H,13-14H2,1-4H3,(H2,23,24,25,26). The molecular weight excluding hydrogens is 352 g/mol. The zero-order chi connectivity index (χ0) is 19.9. The average molecular weight is 378 g/mol. The summed E-state index contributed by atoms with van der Waals surface area (Å²) < 4.78 is 10.6. The minimum absolute atomic E-state index is 0.619. The van der Waals surface area contributed by atoms with E-state index in [4.69, 9.17) is 9.47 Å². The van der Waals surface area contributed by atoms with E-state index in [2.05, 4.69) is 51.8 Å². The zero-order valence-electron chi connectivity index (χ0n) is 16.7. The molecule has 0 amide bonds. The van der Waals surface area contributed by atoms with Gasteiger partial charge in [0.25, 0.3) is 0 Å². The Morgan fingerprint density at radius 3 is 1.89 bits per heavy atom. The largest absolute Gasteiger partial charge is 0.493 e. The van der Waals surface area contributed by atoms with Crippen molar-refractivity contribution < 1.29 is 9.47 Å². The van der Waals surface area contributed by atoms with Crippen molar-refractivity contribution in [2.75, 3.05) is 24.9 Å². The van der Waals surface area contributed by atoms with Gasteiger partial charge < -0.3 is 20.1 Å². The Balaban J connectivity index is 1.65. The van der Waals surface area contributed by atoms with Crippen molar-refractivity contribution in [2.24, 2.45) is 0 Å². The topological polar surface area (TPSA) is 68.3 Å². The molecule has 6 nitrogen and oxygen atoms in total. The number of rotatable bonds is 8. The number of hydrogen-bond acceptors (Lipinski definition) is 6. The number of benzene rings is 2. The molecule has 3 aromatic rings. The molecule has 0 saturated heterocycles. The minimum atomic E-state index is 0.619. The van der Waals surface area contributed by atoms with Gasteiger partial charge >= 0.3 is 0 Å². The summed E-state index contributed by atoms with van der Waals surface area (Å²) >= 11 is 0. The van der Waals surface area contributed by atoms with Crippen LogP contribution in [-0.2, 0) is 13.1 Å². The lowest BCUT2D eigenvalue weighted by atomic mass is 10.1. The average Bonchev–Trinajstić information content (AvgIpc) is 2.71. The molecule has 3 rings (SSSR count). The highest BCUT2D eigenvalue weighted by molar-refractivity contribution is 5.49. The maximum Gasteiger partial charge on any atom is 0.161 e. The third-order valence-electron chi connectivity index (χ3n) is 4.35. The van der Waals surface area contributed by atoms with E-state index in [0.29, 0.717) is 30.4 Å². The molecule has 0 aliphatic carbocycles. The molecule has 0 radical (unpaired) electrons. The van der Waals surface area contributed by atoms with Crippen LogP contribution in [0, 0.1) is 13.8 Å². The lowest BCUT2D eigenvalue weighted by molar-refractivity contribution is 0.354. The number of methoxy groups -OCH3 is 2. The molecule has 28 heavy (non-hydrogen) atoms. The number of anilines is 2. The molecule has 146 valence electrons. The molecule has 1 heterocycles. The van der Waals surface area contributed by atoms with Crippen LogP contribution >= 0.6 is 0 Å². The lowest BCUT2D eigenvalue weighted by Crippen LogP contribution is -2.07. The summed E-state index contributed by atoms with van der Waals surface area (Å²) in [5, 5.41) is 6.71. The molecule has 6 heteroatoms. The van der Waals surface area contributed by atoms with Crippen LogP contribution in [0.2, 0.25) is 0 Å². The number of hydrogen-bond donors (Lipinski definition) is 2. The maximum atomic E-state index is 5.36. The summed E-state index contributed by atoms with van der Waals surface area (Å²) in [6.07, 6.45) is 0. The first-order valence-electron chi connectivity index (χ1n) is 9.17. The predicted molar refractivity (Wildman–Crippen MR) is 112 cm³/mol. The normalized spacial score (nSPS) is 10.4. The predicted octanol–water partition coefficient (Wildman–Crippen LogP) is 4.33. The van der Waals surface area contributed by atoms with Gasteiger partial charge in [0.15, 0.2) is 11.5 Å². The first-order valence-corrected chi connectivity index (χ1v) is 9.17. The second-order valence-corrected chi connectivity index (χ2v) is 6.57. The number of aromatic nitrogens is 2. The van der Waals surface area contributed by atoms with E-state index in [9.17, 15) is 0 Å². The minimum Gasteiger partial charge on any atom is -0.493 e. The molecule has 0 atom stereocenters. The molecule has 0 saturated carbocycles. The first kappa shape index (κ1) is 19.5. The van der Waals surface area contributed by atoms with Crippen molar-refractivity contribution in [3.05, 3.63) is 71.0 Å². The number of nitrogens with zero attached hydrogens (tertiary/aromatic N) is 2. The summed E-state index contributed by atoms with van der Waals surface area (Å²) in [4.78, 5) is 8.95. The van der Waals surface area contributed by atoms with E-state index in [1.807, 2.05) is 31.2 Å². The van der Waals surface area contributed by atoms with Gasteiger partial charge in [-0.15, -0.1) is 0 Å². The summed E-state index contributed by atoms with van der Waals surface area (Å²) in [6.45, 7) is 5.31. The van der Waals surface area contributed by atoms with Gasteiger partial charge in [0.2, 0.25) is 0 Å². The van der Waals surface area contributed by atoms with Crippen molar-refractivity contribution in [3.8, 4) is 11.5 Å². The molecule has 0 unspecified atom stereocenters. The number of nitrogens with one attached hydrogen (secondary N) is 2. The van der Waals surface area contributed by atoms with Gasteiger partial charge in [-0.3, -0.25) is 0 Å². The van der Waals surface area contributed by atoms with Gasteiger partial charge in [0.05, 0.1) is 14.2 Å². The molecular formula is C22H26N4O2. The van der Waals surface area contributed by atoms with Gasteiger partial charge in [-0.1, -0.05) is 35.9 Å². The van der Waals surface area contributed by atoms with Crippen LogP contribution in [0.1, 0.15) is 22.5 Å². The van der Waals surface area contributed by atoms with Crippen LogP contribution in [0.4, 0.5) is 11.6 Å². The fourth-order valence-electron chi connectivity index (χ4n) is 2.83. The van der Waals surface area contributed by atoms with Gasteiger partial charge in [-0.25, -0.2) is 9.97 Å². The lowest BCUT2D eigenvalue weighted by Gasteiger charge is -2.12. The molecule has 1 aromatic heterocycles. The molecule has 0 aliphatic rings. The Morgan fingerprint density at radius 1 is 0.714 bits per heavy atom. The third-order valence-corrected chi connectivity index (χ3v) is 4.35. The van der Waals surface area contributed by atoms with Crippen LogP contribution in [0.15, 0.2) is 48.5 Å². The first-order chi connectivity index (χ1) is 13.6. The fraction of sp³-hybridized carbons (Fsp3) is 0.273. The Hall–Kier alpha value is -3.28. The third kappa shape index (κ3) is 5.13. The SMILES string of the molecule is COc1ccc(CNc2cc(NCc3ccc(C)cc3)nc(C)n2)cc1OC. The van der Waals surface area contributed by atoms with Gasteiger partial charge in [-0.05, 0) is 37.1 Å². The van der Waals surface area contributed by atoms with Crippen molar-refractivity contribution in [3.63, 3.8) is 0 Å². The van der Waals surface area contributed by atoms with Gasteiger partial charge in [-0.2, -0.15) is 0 Å². The van der Waals surface area contributed by atoms with Crippen LogP contribution in [0.3, 0.4) is 0 Å². The zero-order valence-corrected chi connectivity index (χ0v) is 16.7. The van der Waals surface area contributed by atoms with Crippen molar-refractivity contribution in [1.29, 1.82) is 0 Å². The molecule has 0 aliphatic heterocycles. The van der Waals surface area contributed by atoms with E-state index in [1.165, 1.54) is 11.1 Å². The van der Waals surface area contributed by atoms with E-state index >= 15 is 0 Å². The molecule has 2 N–H and O–H groups in total. The second kappa shape index (κ2) is 9.08. The number of ether oxygens (including phenoxy) is 2. The highest BCUT2D eigenvalue weighted by Crippen LogP contribution is 2.27. The van der Waals surface area contributed by atoms with E-state index in [0.717, 1.165) is 17.2 Å². The summed E-state index contributed by atoms with van der Waals surface area (Å²) in [5.41, 5.74) is 3.54. The summed E-state index contributed by atoms with van der Waals surface area (Å²) in [6, 6.07) is 16.2. The van der Waals surface area contributed by atoms with Gasteiger partial charge in [0, 0.05) is 19.2 Å². The van der Waals surface area contributed by atoms with Crippen molar-refractivity contribution in [1.82, 2.24) is 9.97 Å². The smallest absolute Gasteiger partial charge is 0.161 e. The highest BCUT2D eigenvalue weighted by atomic mass is 16.5. The Bertz CT molecular complexity index is 926. The Morgan fingerprint density at radius 2 is 1.29 bits per heavy atom. The molecule has 0 fully saturated rings. The van der Waals surface area contributed by atoms with Crippen LogP contribution in [-0.4, -0.2) is 24.2 Å². The molecule has 0 spiro atoms. The van der Waals surface area contributed by atoms with Crippen LogP contribution in [0.25, 0.3) is 0 Å². The van der Waals surface area contributed by atoms with Gasteiger partial charge in [0.1, 0.15) is 17.5 Å². The van der Waals surface area contributed by atoms with E-state index in [1.54, 1.807) is 14.2 Å². The monoisotopic (exact) mass is 378 g/mol. The second-order valence-electron chi connectivity index (χ2n) is 6.57. The maximum absolute atomic E-state index is 5.36.